The van der Waals surface area contributed by atoms with Crippen LogP contribution < -0.4 is 14.8 Å². The van der Waals surface area contributed by atoms with Crippen molar-refractivity contribution in [3.63, 3.8) is 0 Å². The van der Waals surface area contributed by atoms with Crippen molar-refractivity contribution in [3.8, 4) is 17.6 Å². The maximum Gasteiger partial charge on any atom is 0.341 e. The summed E-state index contributed by atoms with van der Waals surface area (Å²) in [6, 6.07) is 11.9. The number of nitrogens with zero attached hydrogens (tertiary/aromatic N) is 1. The quantitative estimate of drug-likeness (QED) is 0.455. The summed E-state index contributed by atoms with van der Waals surface area (Å²) >= 11 is 0. The Morgan fingerprint density at radius 3 is 2.52 bits per heavy atom. The Morgan fingerprint density at radius 1 is 1.14 bits per heavy atom. The zero-order valence-electron chi connectivity index (χ0n) is 15.2. The second-order valence-corrected chi connectivity index (χ2v) is 5.60. The summed E-state index contributed by atoms with van der Waals surface area (Å²) in [6.45, 7) is -0.549. The molecule has 9 nitrogen and oxygen atoms in total. The minimum Gasteiger partial charge on any atom is -0.493 e. The van der Waals surface area contributed by atoms with Crippen molar-refractivity contribution in [2.75, 3.05) is 19.0 Å². The number of methoxy groups -OCH3 is 1. The molecule has 9 heteroatoms. The number of carbonyl (C=O) groups is 3. The molecule has 0 saturated heterocycles. The molecule has 0 fully saturated rings. The largest absolute Gasteiger partial charge is 0.493 e. The van der Waals surface area contributed by atoms with Gasteiger partial charge in [0.2, 0.25) is 0 Å². The number of nitrogens with one attached hydrogen (secondary N) is 1. The van der Waals surface area contributed by atoms with Crippen LogP contribution in [0.1, 0.15) is 15.9 Å². The van der Waals surface area contributed by atoms with Crippen LogP contribution in [0.15, 0.2) is 48.0 Å². The molecule has 0 radical (unpaired) electrons. The van der Waals surface area contributed by atoms with E-state index in [1.807, 2.05) is 0 Å². The Labute approximate surface area is 165 Å². The van der Waals surface area contributed by atoms with Crippen LogP contribution in [0.4, 0.5) is 5.69 Å². The second kappa shape index (κ2) is 9.57. The molecule has 0 saturated carbocycles. The number of anilines is 1. The summed E-state index contributed by atoms with van der Waals surface area (Å²) in [4.78, 5) is 34.0. The normalized spacial score (nSPS) is 10.6. The number of hydrogen-bond donors (Lipinski definition) is 3. The van der Waals surface area contributed by atoms with Crippen LogP contribution in [-0.2, 0) is 9.59 Å². The second-order valence-electron chi connectivity index (χ2n) is 5.60. The van der Waals surface area contributed by atoms with Gasteiger partial charge in [0.1, 0.15) is 11.6 Å². The molecule has 29 heavy (non-hydrogen) atoms. The molecule has 0 aliphatic heterocycles. The number of amides is 1. The Kier molecular flexibility index (Phi) is 6.92. The first-order valence-electron chi connectivity index (χ1n) is 8.13. The monoisotopic (exact) mass is 396 g/mol. The summed E-state index contributed by atoms with van der Waals surface area (Å²) in [5, 5.41) is 29.5. The van der Waals surface area contributed by atoms with Gasteiger partial charge in [0, 0.05) is 5.69 Å². The van der Waals surface area contributed by atoms with Crippen molar-refractivity contribution >= 4 is 29.6 Å². The summed E-state index contributed by atoms with van der Waals surface area (Å²) in [5.74, 6) is -2.59. The molecule has 2 rings (SSSR count). The number of aromatic carboxylic acids is 1. The van der Waals surface area contributed by atoms with Crippen molar-refractivity contribution < 1.29 is 34.1 Å². The van der Waals surface area contributed by atoms with Gasteiger partial charge in [-0.3, -0.25) is 4.79 Å². The molecule has 0 aromatic heterocycles. The van der Waals surface area contributed by atoms with Crippen LogP contribution in [0.5, 0.6) is 11.5 Å². The zero-order valence-corrected chi connectivity index (χ0v) is 15.2. The van der Waals surface area contributed by atoms with Crippen LogP contribution in [0.25, 0.3) is 6.08 Å². The average molecular weight is 396 g/mol. The molecule has 0 heterocycles. The van der Waals surface area contributed by atoms with Crippen LogP contribution >= 0.6 is 0 Å². The van der Waals surface area contributed by atoms with Crippen molar-refractivity contribution in [1.82, 2.24) is 0 Å². The highest BCUT2D eigenvalue weighted by Gasteiger charge is 2.13. The summed E-state index contributed by atoms with van der Waals surface area (Å²) in [7, 11) is 1.36. The summed E-state index contributed by atoms with van der Waals surface area (Å²) in [6.07, 6.45) is 1.31. The predicted octanol–water partition coefficient (Wildman–Crippen LogP) is 2.40. The fourth-order valence-electron chi connectivity index (χ4n) is 2.28. The number of carboxylic acids is 2. The number of rotatable bonds is 8. The van der Waals surface area contributed by atoms with Crippen LogP contribution in [-0.4, -0.2) is 41.8 Å². The highest BCUT2D eigenvalue weighted by atomic mass is 16.5. The van der Waals surface area contributed by atoms with Crippen LogP contribution in [0.2, 0.25) is 0 Å². The number of carboxylic acid groups (broad SMARTS) is 2. The fraction of sp³-hybridized carbons (Fsp3) is 0.100. The summed E-state index contributed by atoms with van der Waals surface area (Å²) in [5.41, 5.74) is 0.431. The Balaban J connectivity index is 2.23. The van der Waals surface area contributed by atoms with E-state index >= 15 is 0 Å². The van der Waals surface area contributed by atoms with Crippen molar-refractivity contribution in [1.29, 1.82) is 5.26 Å². The van der Waals surface area contributed by atoms with E-state index in [9.17, 15) is 19.6 Å². The lowest BCUT2D eigenvalue weighted by molar-refractivity contribution is -0.139. The molecule has 0 aliphatic carbocycles. The Morgan fingerprint density at radius 2 is 1.90 bits per heavy atom. The third kappa shape index (κ3) is 5.83. The molecule has 0 aliphatic rings. The van der Waals surface area contributed by atoms with Gasteiger partial charge < -0.3 is 25.0 Å². The maximum absolute atomic E-state index is 12.4. The molecule has 0 atom stereocenters. The van der Waals surface area contributed by atoms with E-state index < -0.39 is 24.5 Å². The number of benzene rings is 2. The Hall–Kier alpha value is -4.32. The molecular formula is C20H16N2O7. The molecule has 2 aromatic carbocycles. The van der Waals surface area contributed by atoms with Gasteiger partial charge in [-0.1, -0.05) is 12.1 Å². The molecule has 0 bridgehead atoms. The zero-order chi connectivity index (χ0) is 21.4. The van der Waals surface area contributed by atoms with E-state index in [0.717, 1.165) is 0 Å². The lowest BCUT2D eigenvalue weighted by atomic mass is 10.1. The number of ether oxygens (including phenoxy) is 2. The number of aliphatic carboxylic acids is 1. The van der Waals surface area contributed by atoms with E-state index in [0.29, 0.717) is 5.56 Å². The fourth-order valence-corrected chi connectivity index (χ4v) is 2.28. The predicted molar refractivity (Wildman–Crippen MR) is 102 cm³/mol. The van der Waals surface area contributed by atoms with Gasteiger partial charge in [0.05, 0.1) is 12.7 Å². The van der Waals surface area contributed by atoms with E-state index in [1.54, 1.807) is 6.07 Å². The molecule has 0 spiro atoms. The molecule has 148 valence electrons. The van der Waals surface area contributed by atoms with Crippen molar-refractivity contribution in [2.24, 2.45) is 0 Å². The third-order valence-electron chi connectivity index (χ3n) is 3.58. The first-order valence-corrected chi connectivity index (χ1v) is 8.13. The molecule has 0 unspecified atom stereocenters. The molecule has 2 aromatic rings. The van der Waals surface area contributed by atoms with Gasteiger partial charge in [0.25, 0.3) is 5.91 Å². The molecular weight excluding hydrogens is 380 g/mol. The number of nitriles is 1. The molecule has 3 N–H and O–H groups in total. The van der Waals surface area contributed by atoms with Crippen molar-refractivity contribution in [3.05, 3.63) is 59.2 Å². The molecule has 1 amide bonds. The smallest absolute Gasteiger partial charge is 0.341 e. The van der Waals surface area contributed by atoms with Crippen LogP contribution in [0, 0.1) is 11.3 Å². The highest BCUT2D eigenvalue weighted by molar-refractivity contribution is 6.10. The minimum absolute atomic E-state index is 0.00743. The highest BCUT2D eigenvalue weighted by Crippen LogP contribution is 2.29. The van der Waals surface area contributed by atoms with E-state index in [-0.39, 0.29) is 28.3 Å². The van der Waals surface area contributed by atoms with E-state index in [2.05, 4.69) is 5.32 Å². The van der Waals surface area contributed by atoms with Gasteiger partial charge in [-0.25, -0.2) is 9.59 Å². The Bertz CT molecular complexity index is 1020. The topological polar surface area (TPSA) is 146 Å². The van der Waals surface area contributed by atoms with E-state index in [4.69, 9.17) is 19.7 Å². The van der Waals surface area contributed by atoms with Gasteiger partial charge in [-0.05, 0) is 42.0 Å². The lowest BCUT2D eigenvalue weighted by Crippen LogP contribution is -2.14. The first-order chi connectivity index (χ1) is 13.8. The summed E-state index contributed by atoms with van der Waals surface area (Å²) < 4.78 is 10.2. The van der Waals surface area contributed by atoms with Crippen molar-refractivity contribution in [2.45, 2.75) is 0 Å². The third-order valence-corrected chi connectivity index (χ3v) is 3.58. The lowest BCUT2D eigenvalue weighted by Gasteiger charge is -2.10. The van der Waals surface area contributed by atoms with Crippen LogP contribution in [0.3, 0.4) is 0 Å². The standard InChI is InChI=1S/C20H16N2O7/c1-28-17-8-12(5-6-16(17)29-11-18(23)24)7-14(10-21)19(25)22-15-4-2-3-13(9-15)20(26)27/h2-9H,11H2,1H3,(H,22,25)(H,23,24)(H,26,27)/b14-7-. The van der Waals surface area contributed by atoms with Gasteiger partial charge in [-0.15, -0.1) is 0 Å². The maximum atomic E-state index is 12.4. The van der Waals surface area contributed by atoms with E-state index in [1.165, 1.54) is 55.7 Å². The average Bonchev–Trinajstić information content (AvgIpc) is 2.70. The number of carbonyl (C=O) groups excluding carboxylic acids is 1. The van der Waals surface area contributed by atoms with Gasteiger partial charge in [-0.2, -0.15) is 5.26 Å². The van der Waals surface area contributed by atoms with Gasteiger partial charge >= 0.3 is 11.9 Å². The first kappa shape index (κ1) is 21.0. The SMILES string of the molecule is COc1cc(/C=C(/C#N)C(=O)Nc2cccc(C(=O)O)c2)ccc1OCC(=O)O. The van der Waals surface area contributed by atoms with Gasteiger partial charge in [0.15, 0.2) is 18.1 Å². The number of hydrogen-bond acceptors (Lipinski definition) is 6. The minimum atomic E-state index is -1.15.